The molecule has 0 radical (unpaired) electrons. The van der Waals surface area contributed by atoms with E-state index in [9.17, 15) is 9.59 Å². The van der Waals surface area contributed by atoms with E-state index in [2.05, 4.69) is 12.2 Å². The fourth-order valence-electron chi connectivity index (χ4n) is 2.05. The third-order valence-corrected chi connectivity index (χ3v) is 3.21. The number of carboxylic acid groups (broad SMARTS) is 1. The Morgan fingerprint density at radius 1 is 1.25 bits per heavy atom. The third-order valence-electron chi connectivity index (χ3n) is 3.21. The number of carbonyl (C=O) groups is 2. The molecule has 0 heterocycles. The number of aryl methyl sites for hydroxylation is 1. The zero-order valence-electron chi connectivity index (χ0n) is 12.4. The number of aliphatic carboxylic acids is 1. The molecule has 1 aromatic carbocycles. The Morgan fingerprint density at radius 3 is 2.50 bits per heavy atom. The van der Waals surface area contributed by atoms with Crippen molar-refractivity contribution >= 4 is 11.9 Å². The third kappa shape index (κ3) is 5.87. The normalized spacial score (nSPS) is 11.2. The average molecular weight is 277 g/mol. The number of carbonyl (C=O) groups excluding carboxylic acids is 1. The van der Waals surface area contributed by atoms with Gasteiger partial charge in [-0.05, 0) is 37.8 Å². The van der Waals surface area contributed by atoms with Crippen LogP contribution in [0.5, 0.6) is 0 Å². The van der Waals surface area contributed by atoms with Gasteiger partial charge in [-0.25, -0.2) is 0 Å². The van der Waals surface area contributed by atoms with E-state index in [0.717, 1.165) is 12.0 Å². The topological polar surface area (TPSA) is 66.4 Å². The van der Waals surface area contributed by atoms with Crippen molar-refractivity contribution in [3.63, 3.8) is 0 Å². The number of amides is 1. The summed E-state index contributed by atoms with van der Waals surface area (Å²) in [6.45, 7) is 5.76. The average Bonchev–Trinajstić information content (AvgIpc) is 2.36. The maximum atomic E-state index is 12.0. The maximum absolute atomic E-state index is 12.0. The zero-order chi connectivity index (χ0) is 15.2. The summed E-state index contributed by atoms with van der Waals surface area (Å²) in [7, 11) is 0. The fourth-order valence-corrected chi connectivity index (χ4v) is 2.05. The second kappa shape index (κ2) is 7.08. The predicted octanol–water partition coefficient (Wildman–Crippen LogP) is 2.55. The van der Waals surface area contributed by atoms with Gasteiger partial charge in [0, 0.05) is 12.0 Å². The Hall–Kier alpha value is -1.84. The van der Waals surface area contributed by atoms with Crippen LogP contribution in [0.15, 0.2) is 24.3 Å². The highest BCUT2D eigenvalue weighted by Crippen LogP contribution is 2.12. The summed E-state index contributed by atoms with van der Waals surface area (Å²) in [6, 6.07) is 7.96. The molecular formula is C16H23NO3. The van der Waals surface area contributed by atoms with E-state index >= 15 is 0 Å². The smallest absolute Gasteiger partial charge is 0.303 e. The minimum Gasteiger partial charge on any atom is -0.481 e. The molecule has 1 amide bonds. The summed E-state index contributed by atoms with van der Waals surface area (Å²) in [5.41, 5.74) is 1.69. The van der Waals surface area contributed by atoms with Crippen molar-refractivity contribution in [1.29, 1.82) is 0 Å². The van der Waals surface area contributed by atoms with Gasteiger partial charge in [-0.2, -0.15) is 0 Å². The minimum atomic E-state index is -0.844. The quantitative estimate of drug-likeness (QED) is 0.805. The van der Waals surface area contributed by atoms with Crippen LogP contribution in [0.1, 0.15) is 44.7 Å². The van der Waals surface area contributed by atoms with E-state index in [-0.39, 0.29) is 12.3 Å². The first-order chi connectivity index (χ1) is 9.32. The molecule has 0 unspecified atom stereocenters. The van der Waals surface area contributed by atoms with Gasteiger partial charge in [-0.3, -0.25) is 9.59 Å². The first-order valence-corrected chi connectivity index (χ1v) is 6.93. The monoisotopic (exact) mass is 277 g/mol. The fraction of sp³-hybridized carbons (Fsp3) is 0.500. The number of rotatable bonds is 7. The van der Waals surface area contributed by atoms with E-state index < -0.39 is 11.5 Å². The molecule has 1 rings (SSSR count). The van der Waals surface area contributed by atoms with Gasteiger partial charge in [0.15, 0.2) is 0 Å². The molecule has 0 aliphatic heterocycles. The molecule has 0 bridgehead atoms. The van der Waals surface area contributed by atoms with E-state index in [1.165, 1.54) is 5.56 Å². The molecule has 0 atom stereocenters. The minimum absolute atomic E-state index is 0.0542. The standard InChI is InChI=1S/C16H23NO3/c1-4-12-6-5-7-13(10-12)11-14(18)17-16(2,3)9-8-15(19)20/h5-7,10H,4,8-9,11H2,1-3H3,(H,17,18)(H,19,20). The van der Waals surface area contributed by atoms with Crippen LogP contribution in [-0.2, 0) is 22.4 Å². The molecule has 0 saturated heterocycles. The van der Waals surface area contributed by atoms with Gasteiger partial charge in [0.2, 0.25) is 5.91 Å². The lowest BCUT2D eigenvalue weighted by Crippen LogP contribution is -2.44. The highest BCUT2D eigenvalue weighted by Gasteiger charge is 2.21. The molecule has 4 nitrogen and oxygen atoms in total. The van der Waals surface area contributed by atoms with Crippen LogP contribution in [0.4, 0.5) is 0 Å². The molecule has 20 heavy (non-hydrogen) atoms. The Labute approximate surface area is 120 Å². The Morgan fingerprint density at radius 2 is 1.90 bits per heavy atom. The number of hydrogen-bond acceptors (Lipinski definition) is 2. The summed E-state index contributed by atoms with van der Waals surface area (Å²) < 4.78 is 0. The summed E-state index contributed by atoms with van der Waals surface area (Å²) in [4.78, 5) is 22.6. The summed E-state index contributed by atoms with van der Waals surface area (Å²) >= 11 is 0. The van der Waals surface area contributed by atoms with Crippen LogP contribution in [0, 0.1) is 0 Å². The van der Waals surface area contributed by atoms with Gasteiger partial charge in [-0.1, -0.05) is 31.2 Å². The van der Waals surface area contributed by atoms with Crippen LogP contribution in [0.25, 0.3) is 0 Å². The molecule has 0 spiro atoms. The molecule has 0 aliphatic rings. The molecule has 0 saturated carbocycles. The first kappa shape index (κ1) is 16.2. The lowest BCUT2D eigenvalue weighted by atomic mass is 9.97. The van der Waals surface area contributed by atoms with Gasteiger partial charge in [0.25, 0.3) is 0 Å². The molecule has 2 N–H and O–H groups in total. The lowest BCUT2D eigenvalue weighted by Gasteiger charge is -2.25. The Bertz CT molecular complexity index is 480. The molecule has 1 aromatic rings. The predicted molar refractivity (Wildman–Crippen MR) is 78.6 cm³/mol. The molecule has 0 aromatic heterocycles. The Balaban J connectivity index is 2.55. The van der Waals surface area contributed by atoms with Crippen molar-refractivity contribution in [2.75, 3.05) is 0 Å². The van der Waals surface area contributed by atoms with Crippen molar-refractivity contribution in [2.24, 2.45) is 0 Å². The van der Waals surface area contributed by atoms with Crippen molar-refractivity contribution in [1.82, 2.24) is 5.32 Å². The van der Waals surface area contributed by atoms with E-state index in [4.69, 9.17) is 5.11 Å². The SMILES string of the molecule is CCc1cccc(CC(=O)NC(C)(C)CCC(=O)O)c1. The summed E-state index contributed by atoms with van der Waals surface area (Å²) in [5, 5.41) is 11.6. The summed E-state index contributed by atoms with van der Waals surface area (Å²) in [6.07, 6.45) is 1.74. The van der Waals surface area contributed by atoms with E-state index in [0.29, 0.717) is 12.8 Å². The largest absolute Gasteiger partial charge is 0.481 e. The van der Waals surface area contributed by atoms with Gasteiger partial charge < -0.3 is 10.4 Å². The number of nitrogens with one attached hydrogen (secondary N) is 1. The lowest BCUT2D eigenvalue weighted by molar-refractivity contribution is -0.137. The van der Waals surface area contributed by atoms with Crippen LogP contribution >= 0.6 is 0 Å². The van der Waals surface area contributed by atoms with Crippen LogP contribution < -0.4 is 5.32 Å². The van der Waals surface area contributed by atoms with E-state index in [1.807, 2.05) is 38.1 Å². The molecular weight excluding hydrogens is 254 g/mol. The zero-order valence-corrected chi connectivity index (χ0v) is 12.4. The molecule has 110 valence electrons. The van der Waals surface area contributed by atoms with Crippen molar-refractivity contribution in [3.05, 3.63) is 35.4 Å². The van der Waals surface area contributed by atoms with Crippen LogP contribution in [0.3, 0.4) is 0 Å². The maximum Gasteiger partial charge on any atom is 0.303 e. The Kier molecular flexibility index (Phi) is 5.74. The van der Waals surface area contributed by atoms with Crippen molar-refractivity contribution < 1.29 is 14.7 Å². The highest BCUT2D eigenvalue weighted by molar-refractivity contribution is 5.79. The molecule has 4 heteroatoms. The van der Waals surface area contributed by atoms with Crippen molar-refractivity contribution in [2.45, 2.75) is 52.0 Å². The van der Waals surface area contributed by atoms with Gasteiger partial charge in [0.05, 0.1) is 6.42 Å². The molecule has 0 fully saturated rings. The second-order valence-corrected chi connectivity index (χ2v) is 5.68. The van der Waals surface area contributed by atoms with Gasteiger partial charge in [-0.15, -0.1) is 0 Å². The van der Waals surface area contributed by atoms with Gasteiger partial charge >= 0.3 is 5.97 Å². The number of carboxylic acids is 1. The van der Waals surface area contributed by atoms with E-state index in [1.54, 1.807) is 0 Å². The highest BCUT2D eigenvalue weighted by atomic mass is 16.4. The summed E-state index contributed by atoms with van der Waals surface area (Å²) in [5.74, 6) is -0.920. The molecule has 0 aliphatic carbocycles. The van der Waals surface area contributed by atoms with Crippen LogP contribution in [-0.4, -0.2) is 22.5 Å². The second-order valence-electron chi connectivity index (χ2n) is 5.68. The van der Waals surface area contributed by atoms with Crippen LogP contribution in [0.2, 0.25) is 0 Å². The van der Waals surface area contributed by atoms with Gasteiger partial charge in [0.1, 0.15) is 0 Å². The first-order valence-electron chi connectivity index (χ1n) is 6.93. The van der Waals surface area contributed by atoms with Crippen molar-refractivity contribution in [3.8, 4) is 0 Å². The number of benzene rings is 1. The number of hydrogen-bond donors (Lipinski definition) is 2.